The number of hydrogen-bond donors (Lipinski definition) is 2. The molecule has 0 spiro atoms. The van der Waals surface area contributed by atoms with Crippen LogP contribution in [0.1, 0.15) is 26.7 Å². The summed E-state index contributed by atoms with van der Waals surface area (Å²) in [5.74, 6) is 0.742. The molecule has 0 radical (unpaired) electrons. The average Bonchev–Trinajstić information content (AvgIpc) is 2.81. The Morgan fingerprint density at radius 3 is 3.00 bits per heavy atom. The molecule has 0 saturated heterocycles. The van der Waals surface area contributed by atoms with E-state index in [1.807, 2.05) is 12.1 Å². The van der Waals surface area contributed by atoms with Gasteiger partial charge in [0.2, 0.25) is 0 Å². The maximum absolute atomic E-state index is 8.85. The van der Waals surface area contributed by atoms with Gasteiger partial charge in [-0.15, -0.1) is 14.8 Å². The van der Waals surface area contributed by atoms with Gasteiger partial charge in [-0.05, 0) is 40.8 Å². The Bertz CT molecular complexity index is 509. The predicted molar refractivity (Wildman–Crippen MR) is 67.2 cm³/mol. The zero-order valence-corrected chi connectivity index (χ0v) is 10.7. The molecule has 0 aliphatic rings. The Morgan fingerprint density at radius 1 is 1.39 bits per heavy atom. The number of rotatable bonds is 6. The highest BCUT2D eigenvalue weighted by atomic mass is 16.2. The number of anilines is 1. The van der Waals surface area contributed by atoms with Crippen LogP contribution in [0.25, 0.3) is 5.65 Å². The number of nitrogens with zero attached hydrogens (tertiary/aromatic N) is 5. The van der Waals surface area contributed by atoms with Crippen molar-refractivity contribution in [3.05, 3.63) is 12.1 Å². The topological polar surface area (TPSA) is 88.2 Å². The van der Waals surface area contributed by atoms with Crippen LogP contribution in [0.2, 0.25) is 0 Å². The molecule has 7 nitrogen and oxygen atoms in total. The van der Waals surface area contributed by atoms with Crippen molar-refractivity contribution >= 4 is 11.5 Å². The van der Waals surface area contributed by atoms with Crippen molar-refractivity contribution in [2.75, 3.05) is 18.5 Å². The fraction of sp³-hybridized carbons (Fsp3) is 0.636. The molecule has 0 unspecified atom stereocenters. The zero-order valence-electron chi connectivity index (χ0n) is 10.7. The number of hydrogen-bond acceptors (Lipinski definition) is 6. The molecule has 2 heterocycles. The molecule has 2 aromatic rings. The van der Waals surface area contributed by atoms with Gasteiger partial charge in [-0.1, -0.05) is 13.8 Å². The van der Waals surface area contributed by atoms with Gasteiger partial charge in [-0.2, -0.15) is 0 Å². The van der Waals surface area contributed by atoms with Crippen LogP contribution in [-0.4, -0.2) is 43.5 Å². The average molecular weight is 250 g/mol. The highest BCUT2D eigenvalue weighted by Crippen LogP contribution is 2.22. The number of aliphatic hydroxyl groups is 1. The fourth-order valence-corrected chi connectivity index (χ4v) is 1.72. The molecule has 0 saturated carbocycles. The van der Waals surface area contributed by atoms with E-state index in [0.717, 1.165) is 25.2 Å². The number of nitrogens with one attached hydrogen (secondary N) is 1. The van der Waals surface area contributed by atoms with E-state index in [4.69, 9.17) is 5.11 Å². The van der Waals surface area contributed by atoms with E-state index in [1.54, 1.807) is 0 Å². The monoisotopic (exact) mass is 250 g/mol. The molecule has 0 aliphatic carbocycles. The first-order valence-electron chi connectivity index (χ1n) is 6.01. The molecule has 0 amide bonds. The maximum Gasteiger partial charge on any atom is 0.200 e. The summed E-state index contributed by atoms with van der Waals surface area (Å²) < 4.78 is 1.39. The maximum atomic E-state index is 8.85. The highest BCUT2D eigenvalue weighted by Gasteiger charge is 2.17. The Hall–Kier alpha value is -1.76. The molecule has 2 rings (SSSR count). The molecule has 2 aromatic heterocycles. The predicted octanol–water partition coefficient (Wildman–Crippen LogP) is 0.730. The molecular formula is C11H18N6O. The molecular weight excluding hydrogens is 232 g/mol. The summed E-state index contributed by atoms with van der Waals surface area (Å²) in [7, 11) is 0. The van der Waals surface area contributed by atoms with Gasteiger partial charge in [0, 0.05) is 13.2 Å². The van der Waals surface area contributed by atoms with Crippen molar-refractivity contribution in [1.82, 2.24) is 25.3 Å². The SMILES string of the molecule is CC(C)(CCCO)CNc1ccc2nnnn2n1. The van der Waals surface area contributed by atoms with Crippen molar-refractivity contribution in [2.24, 2.45) is 5.41 Å². The summed E-state index contributed by atoms with van der Waals surface area (Å²) in [4.78, 5) is 0. The van der Waals surface area contributed by atoms with Gasteiger partial charge < -0.3 is 10.4 Å². The van der Waals surface area contributed by atoms with E-state index in [-0.39, 0.29) is 12.0 Å². The number of aromatic nitrogens is 5. The van der Waals surface area contributed by atoms with E-state index in [2.05, 4.69) is 39.8 Å². The van der Waals surface area contributed by atoms with Crippen LogP contribution in [0.15, 0.2) is 12.1 Å². The quantitative estimate of drug-likeness (QED) is 0.785. The van der Waals surface area contributed by atoms with E-state index >= 15 is 0 Å². The fourth-order valence-electron chi connectivity index (χ4n) is 1.72. The standard InChI is InChI=1S/C11H18N6O/c1-11(2,6-3-7-18)8-12-9-4-5-10-13-15-16-17(10)14-9/h4-5,18H,3,6-8H2,1-2H3,(H,12,14). The van der Waals surface area contributed by atoms with Crippen LogP contribution < -0.4 is 5.32 Å². The van der Waals surface area contributed by atoms with E-state index in [9.17, 15) is 0 Å². The van der Waals surface area contributed by atoms with Gasteiger partial charge >= 0.3 is 0 Å². The molecule has 98 valence electrons. The smallest absolute Gasteiger partial charge is 0.200 e. The summed E-state index contributed by atoms with van der Waals surface area (Å²) in [6, 6.07) is 3.67. The Kier molecular flexibility index (Phi) is 3.71. The van der Waals surface area contributed by atoms with Crippen molar-refractivity contribution in [2.45, 2.75) is 26.7 Å². The second-order valence-electron chi connectivity index (χ2n) is 5.09. The molecule has 0 aliphatic heterocycles. The van der Waals surface area contributed by atoms with Gasteiger partial charge in [0.05, 0.1) is 0 Å². The third-order valence-corrected chi connectivity index (χ3v) is 2.83. The van der Waals surface area contributed by atoms with Gasteiger partial charge in [-0.25, -0.2) is 0 Å². The largest absolute Gasteiger partial charge is 0.396 e. The van der Waals surface area contributed by atoms with E-state index in [1.165, 1.54) is 4.63 Å². The molecule has 7 heteroatoms. The van der Waals surface area contributed by atoms with Crippen LogP contribution >= 0.6 is 0 Å². The lowest BCUT2D eigenvalue weighted by Crippen LogP contribution is -2.24. The van der Waals surface area contributed by atoms with Crippen molar-refractivity contribution in [3.63, 3.8) is 0 Å². The van der Waals surface area contributed by atoms with Crippen LogP contribution in [0.3, 0.4) is 0 Å². The minimum atomic E-state index is 0.111. The lowest BCUT2D eigenvalue weighted by Gasteiger charge is -2.24. The number of tetrazole rings is 1. The van der Waals surface area contributed by atoms with Gasteiger partial charge in [0.15, 0.2) is 5.65 Å². The van der Waals surface area contributed by atoms with Gasteiger partial charge in [0.25, 0.3) is 0 Å². The van der Waals surface area contributed by atoms with E-state index in [0.29, 0.717) is 5.65 Å². The normalized spacial score (nSPS) is 11.9. The van der Waals surface area contributed by atoms with Crippen LogP contribution in [0.4, 0.5) is 5.82 Å². The minimum absolute atomic E-state index is 0.111. The third-order valence-electron chi connectivity index (χ3n) is 2.83. The highest BCUT2D eigenvalue weighted by molar-refractivity contribution is 5.42. The second kappa shape index (κ2) is 5.26. The van der Waals surface area contributed by atoms with Crippen LogP contribution in [-0.2, 0) is 0 Å². The van der Waals surface area contributed by atoms with Crippen LogP contribution in [0.5, 0.6) is 0 Å². The molecule has 0 bridgehead atoms. The number of aliphatic hydroxyl groups excluding tert-OH is 1. The lowest BCUT2D eigenvalue weighted by molar-refractivity contribution is 0.248. The second-order valence-corrected chi connectivity index (χ2v) is 5.09. The molecule has 18 heavy (non-hydrogen) atoms. The van der Waals surface area contributed by atoms with Gasteiger partial charge in [-0.3, -0.25) is 0 Å². The molecule has 0 fully saturated rings. The van der Waals surface area contributed by atoms with Gasteiger partial charge in [0.1, 0.15) is 5.82 Å². The first-order valence-corrected chi connectivity index (χ1v) is 6.01. The first kappa shape index (κ1) is 12.7. The first-order chi connectivity index (χ1) is 8.61. The van der Waals surface area contributed by atoms with E-state index < -0.39 is 0 Å². The van der Waals surface area contributed by atoms with Crippen LogP contribution in [0, 0.1) is 5.41 Å². The third kappa shape index (κ3) is 3.13. The summed E-state index contributed by atoms with van der Waals surface area (Å²) >= 11 is 0. The summed E-state index contributed by atoms with van der Waals surface area (Å²) in [5.41, 5.74) is 0.736. The number of fused-ring (bicyclic) bond motifs is 1. The Labute approximate surface area is 105 Å². The molecule has 0 atom stereocenters. The summed E-state index contributed by atoms with van der Waals surface area (Å²) in [6.07, 6.45) is 1.78. The Balaban J connectivity index is 1.96. The van der Waals surface area contributed by atoms with Crippen molar-refractivity contribution < 1.29 is 5.11 Å². The minimum Gasteiger partial charge on any atom is -0.396 e. The summed E-state index contributed by atoms with van der Waals surface area (Å²) in [5, 5.41) is 27.4. The summed E-state index contributed by atoms with van der Waals surface area (Å²) in [6.45, 7) is 5.34. The zero-order chi connectivity index (χ0) is 13.0. The lowest BCUT2D eigenvalue weighted by atomic mass is 9.88. The van der Waals surface area contributed by atoms with Crippen molar-refractivity contribution in [3.8, 4) is 0 Å². The van der Waals surface area contributed by atoms with Crippen molar-refractivity contribution in [1.29, 1.82) is 0 Å². The molecule has 2 N–H and O–H groups in total. The molecule has 0 aromatic carbocycles. The Morgan fingerprint density at radius 2 is 2.22 bits per heavy atom.